The Kier molecular flexibility index (Phi) is 5.09. The smallest absolute Gasteiger partial charge is 0.358 e. The van der Waals surface area contributed by atoms with Gasteiger partial charge in [0.15, 0.2) is 11.4 Å². The summed E-state index contributed by atoms with van der Waals surface area (Å²) in [5.74, 6) is 0.778. The number of carbonyl (C=O) groups excluding carboxylic acids is 1. The SMILES string of the molecule is COC(=O)c1c(Oc2ccccc2)c2cc(C)ccc2n1Cc1cccc(C)c1. The summed E-state index contributed by atoms with van der Waals surface area (Å²) in [6.07, 6.45) is 0. The van der Waals surface area contributed by atoms with Crippen molar-refractivity contribution in [3.05, 3.63) is 95.2 Å². The first-order valence-corrected chi connectivity index (χ1v) is 9.56. The third kappa shape index (κ3) is 3.74. The van der Waals surface area contributed by atoms with Crippen molar-refractivity contribution in [1.82, 2.24) is 4.57 Å². The maximum atomic E-state index is 12.8. The fourth-order valence-electron chi connectivity index (χ4n) is 3.60. The van der Waals surface area contributed by atoms with E-state index in [1.165, 1.54) is 12.7 Å². The molecule has 0 aliphatic heterocycles. The van der Waals surface area contributed by atoms with Crippen molar-refractivity contribution in [1.29, 1.82) is 0 Å². The van der Waals surface area contributed by atoms with Crippen molar-refractivity contribution in [2.24, 2.45) is 0 Å². The van der Waals surface area contributed by atoms with Crippen molar-refractivity contribution in [3.63, 3.8) is 0 Å². The highest BCUT2D eigenvalue weighted by atomic mass is 16.5. The molecule has 0 unspecified atom stereocenters. The number of rotatable bonds is 5. The number of esters is 1. The van der Waals surface area contributed by atoms with Crippen molar-refractivity contribution in [3.8, 4) is 11.5 Å². The van der Waals surface area contributed by atoms with Gasteiger partial charge in [0, 0.05) is 11.9 Å². The molecule has 0 N–H and O–H groups in total. The maximum absolute atomic E-state index is 12.8. The number of aromatic nitrogens is 1. The Balaban J connectivity index is 1.94. The average Bonchev–Trinajstić information content (AvgIpc) is 3.00. The zero-order valence-electron chi connectivity index (χ0n) is 16.8. The fraction of sp³-hybridized carbons (Fsp3) is 0.160. The summed E-state index contributed by atoms with van der Waals surface area (Å²) < 4.78 is 13.3. The van der Waals surface area contributed by atoms with Gasteiger partial charge < -0.3 is 14.0 Å². The van der Waals surface area contributed by atoms with Crippen LogP contribution in [0.2, 0.25) is 0 Å². The predicted octanol–water partition coefficient (Wildman–Crippen LogP) is 5.89. The molecule has 0 saturated heterocycles. The summed E-state index contributed by atoms with van der Waals surface area (Å²) >= 11 is 0. The van der Waals surface area contributed by atoms with E-state index < -0.39 is 5.97 Å². The Hall–Kier alpha value is -3.53. The molecule has 4 rings (SSSR count). The molecular formula is C25H23NO3. The Morgan fingerprint density at radius 3 is 2.38 bits per heavy atom. The van der Waals surface area contributed by atoms with Crippen molar-refractivity contribution < 1.29 is 14.3 Å². The van der Waals surface area contributed by atoms with E-state index in [2.05, 4.69) is 25.1 Å². The second kappa shape index (κ2) is 7.84. The van der Waals surface area contributed by atoms with Gasteiger partial charge in [0.1, 0.15) is 5.75 Å². The van der Waals surface area contributed by atoms with Gasteiger partial charge in [-0.05, 0) is 43.7 Å². The predicted molar refractivity (Wildman–Crippen MR) is 115 cm³/mol. The highest BCUT2D eigenvalue weighted by Gasteiger charge is 2.26. The molecule has 0 aliphatic carbocycles. The van der Waals surface area contributed by atoms with E-state index in [0.29, 0.717) is 23.7 Å². The quantitative estimate of drug-likeness (QED) is 0.403. The Morgan fingerprint density at radius 1 is 0.897 bits per heavy atom. The molecule has 0 amide bonds. The lowest BCUT2D eigenvalue weighted by Crippen LogP contribution is -2.12. The summed E-state index contributed by atoms with van der Waals surface area (Å²) in [7, 11) is 1.40. The van der Waals surface area contributed by atoms with Crippen molar-refractivity contribution in [2.45, 2.75) is 20.4 Å². The molecule has 0 bridgehead atoms. The first-order valence-electron chi connectivity index (χ1n) is 9.56. The summed E-state index contributed by atoms with van der Waals surface area (Å²) in [6.45, 7) is 4.64. The van der Waals surface area contributed by atoms with Gasteiger partial charge in [-0.15, -0.1) is 0 Å². The van der Waals surface area contributed by atoms with E-state index in [1.807, 2.05) is 66.1 Å². The third-order valence-electron chi connectivity index (χ3n) is 4.94. The summed E-state index contributed by atoms with van der Waals surface area (Å²) in [5.41, 5.74) is 4.73. The second-order valence-electron chi connectivity index (χ2n) is 7.18. The minimum absolute atomic E-state index is 0.415. The molecule has 3 aromatic carbocycles. The van der Waals surface area contributed by atoms with Gasteiger partial charge in [0.2, 0.25) is 0 Å². The standard InChI is InChI=1S/C25H23NO3/c1-17-8-7-9-19(14-17)16-26-22-13-12-18(2)15-21(22)24(23(26)25(27)28-3)29-20-10-5-4-6-11-20/h4-15H,16H2,1-3H3. The number of aryl methyl sites for hydroxylation is 2. The van der Waals surface area contributed by atoms with Crippen LogP contribution in [0.4, 0.5) is 0 Å². The van der Waals surface area contributed by atoms with Crippen LogP contribution in [0.25, 0.3) is 10.9 Å². The topological polar surface area (TPSA) is 40.5 Å². The molecule has 1 heterocycles. The van der Waals surface area contributed by atoms with Crippen LogP contribution in [0.15, 0.2) is 72.8 Å². The Bertz CT molecular complexity index is 1180. The zero-order chi connectivity index (χ0) is 20.4. The van der Waals surface area contributed by atoms with Crippen LogP contribution in [-0.4, -0.2) is 17.6 Å². The normalized spacial score (nSPS) is 10.9. The number of nitrogens with zero attached hydrogens (tertiary/aromatic N) is 1. The van der Waals surface area contributed by atoms with Crippen LogP contribution in [0, 0.1) is 13.8 Å². The fourth-order valence-corrected chi connectivity index (χ4v) is 3.60. The van der Waals surface area contributed by atoms with Gasteiger partial charge in [0.25, 0.3) is 0 Å². The number of hydrogen-bond acceptors (Lipinski definition) is 3. The highest BCUT2D eigenvalue weighted by Crippen LogP contribution is 2.38. The molecule has 0 radical (unpaired) electrons. The van der Waals surface area contributed by atoms with E-state index in [4.69, 9.17) is 9.47 Å². The summed E-state index contributed by atoms with van der Waals surface area (Å²) in [5, 5.41) is 0.891. The van der Waals surface area contributed by atoms with E-state index in [0.717, 1.165) is 22.0 Å². The molecule has 1 aromatic heterocycles. The molecule has 0 aliphatic rings. The maximum Gasteiger partial charge on any atom is 0.358 e. The lowest BCUT2D eigenvalue weighted by atomic mass is 10.1. The molecule has 29 heavy (non-hydrogen) atoms. The number of fused-ring (bicyclic) bond motifs is 1. The lowest BCUT2D eigenvalue weighted by molar-refractivity contribution is 0.0586. The van der Waals surface area contributed by atoms with Crippen LogP contribution >= 0.6 is 0 Å². The Labute approximate surface area is 170 Å². The van der Waals surface area contributed by atoms with E-state index >= 15 is 0 Å². The Morgan fingerprint density at radius 2 is 1.66 bits per heavy atom. The van der Waals surface area contributed by atoms with Gasteiger partial charge in [-0.1, -0.05) is 59.7 Å². The van der Waals surface area contributed by atoms with Gasteiger partial charge in [-0.25, -0.2) is 4.79 Å². The molecule has 4 nitrogen and oxygen atoms in total. The minimum Gasteiger partial charge on any atom is -0.464 e. The summed E-state index contributed by atoms with van der Waals surface area (Å²) in [6, 6.07) is 23.9. The number of ether oxygens (including phenoxy) is 2. The van der Waals surface area contributed by atoms with Gasteiger partial charge in [-0.2, -0.15) is 0 Å². The van der Waals surface area contributed by atoms with E-state index in [-0.39, 0.29) is 0 Å². The van der Waals surface area contributed by atoms with E-state index in [1.54, 1.807) is 0 Å². The largest absolute Gasteiger partial charge is 0.464 e. The number of benzene rings is 3. The number of para-hydroxylation sites is 1. The molecule has 0 spiro atoms. The van der Waals surface area contributed by atoms with Crippen LogP contribution < -0.4 is 4.74 Å². The highest BCUT2D eigenvalue weighted by molar-refractivity contribution is 6.02. The van der Waals surface area contributed by atoms with Crippen molar-refractivity contribution >= 4 is 16.9 Å². The average molecular weight is 385 g/mol. The molecule has 0 fully saturated rings. The van der Waals surface area contributed by atoms with Crippen molar-refractivity contribution in [2.75, 3.05) is 7.11 Å². The number of hydrogen-bond donors (Lipinski definition) is 0. The molecular weight excluding hydrogens is 362 g/mol. The van der Waals surface area contributed by atoms with Gasteiger partial charge in [0.05, 0.1) is 12.6 Å². The van der Waals surface area contributed by atoms with Gasteiger partial charge in [-0.3, -0.25) is 0 Å². The van der Waals surface area contributed by atoms with E-state index in [9.17, 15) is 4.79 Å². The number of methoxy groups -OCH3 is 1. The molecule has 0 saturated carbocycles. The molecule has 4 heteroatoms. The third-order valence-corrected chi connectivity index (χ3v) is 4.94. The van der Waals surface area contributed by atoms with Crippen LogP contribution in [0.5, 0.6) is 11.5 Å². The minimum atomic E-state index is -0.419. The molecule has 4 aromatic rings. The molecule has 0 atom stereocenters. The van der Waals surface area contributed by atoms with Crippen LogP contribution in [0.3, 0.4) is 0 Å². The van der Waals surface area contributed by atoms with Crippen LogP contribution in [0.1, 0.15) is 27.2 Å². The monoisotopic (exact) mass is 385 g/mol. The number of carbonyl (C=O) groups is 1. The first-order chi connectivity index (χ1) is 14.1. The molecule has 146 valence electrons. The second-order valence-corrected chi connectivity index (χ2v) is 7.18. The summed E-state index contributed by atoms with van der Waals surface area (Å²) in [4.78, 5) is 12.8. The lowest BCUT2D eigenvalue weighted by Gasteiger charge is -2.12. The zero-order valence-corrected chi connectivity index (χ0v) is 16.8. The van der Waals surface area contributed by atoms with Crippen LogP contribution in [-0.2, 0) is 11.3 Å². The first kappa shape index (κ1) is 18.8. The van der Waals surface area contributed by atoms with Gasteiger partial charge >= 0.3 is 5.97 Å².